The van der Waals surface area contributed by atoms with E-state index in [2.05, 4.69) is 9.47 Å². The molecule has 0 spiro atoms. The Bertz CT molecular complexity index is 831. The summed E-state index contributed by atoms with van der Waals surface area (Å²) in [7, 11) is 3.29. The molecule has 0 N–H and O–H groups in total. The number of methoxy groups -OCH3 is 3. The monoisotopic (exact) mass is 380 g/mol. The molecule has 0 amide bonds. The molecular weight excluding hydrogens is 364 g/mol. The highest BCUT2D eigenvalue weighted by atomic mass is 16.6. The van der Waals surface area contributed by atoms with E-state index in [0.29, 0.717) is 0 Å². The van der Waals surface area contributed by atoms with Gasteiger partial charge in [0.05, 0.1) is 44.0 Å². The van der Waals surface area contributed by atoms with Crippen molar-refractivity contribution in [3.63, 3.8) is 0 Å². The number of anilines is 1. The van der Waals surface area contributed by atoms with Gasteiger partial charge < -0.3 is 23.8 Å². The predicted octanol–water partition coefficient (Wildman–Crippen LogP) is 0.776. The molecule has 0 fully saturated rings. The highest BCUT2D eigenvalue weighted by Gasteiger charge is 2.37. The Morgan fingerprint density at radius 3 is 2.26 bits per heavy atom. The number of esters is 3. The van der Waals surface area contributed by atoms with E-state index in [1.807, 2.05) is 0 Å². The second-order valence-electron chi connectivity index (χ2n) is 5.14. The van der Waals surface area contributed by atoms with Crippen molar-refractivity contribution < 1.29 is 38.3 Å². The van der Waals surface area contributed by atoms with E-state index in [0.717, 1.165) is 32.3 Å². The zero-order valence-electron chi connectivity index (χ0n) is 14.7. The largest absolute Gasteiger partial charge is 0.466 e. The van der Waals surface area contributed by atoms with Crippen LogP contribution in [0.4, 0.5) is 11.4 Å². The van der Waals surface area contributed by atoms with E-state index in [9.17, 15) is 24.5 Å². The van der Waals surface area contributed by atoms with Crippen LogP contribution in [0.1, 0.15) is 10.4 Å². The summed E-state index contributed by atoms with van der Waals surface area (Å²) in [6, 6.07) is 3.72. The molecule has 27 heavy (non-hydrogen) atoms. The lowest BCUT2D eigenvalue weighted by Crippen LogP contribution is -2.39. The van der Waals surface area contributed by atoms with Crippen molar-refractivity contribution in [1.82, 2.24) is 0 Å². The number of ether oxygens (including phenoxy) is 4. The van der Waals surface area contributed by atoms with Gasteiger partial charge in [0.15, 0.2) is 0 Å². The van der Waals surface area contributed by atoms with E-state index in [-0.39, 0.29) is 35.9 Å². The van der Waals surface area contributed by atoms with Gasteiger partial charge in [-0.25, -0.2) is 14.4 Å². The Balaban J connectivity index is 2.81. The van der Waals surface area contributed by atoms with Crippen LogP contribution in [-0.4, -0.2) is 57.5 Å². The Kier molecular flexibility index (Phi) is 6.08. The standard InChI is InChI=1S/C16H16N2O9/c1-24-14(19)9-5-4-6-11(18(22)23)12(9)17-8-27-7-10(15(20)25-2)13(17)16(21)26-3/h4-6H,7-8H2,1-3H3. The van der Waals surface area contributed by atoms with Crippen LogP contribution in [0.5, 0.6) is 0 Å². The van der Waals surface area contributed by atoms with Gasteiger partial charge in [0.1, 0.15) is 18.1 Å². The minimum Gasteiger partial charge on any atom is -0.466 e. The van der Waals surface area contributed by atoms with E-state index >= 15 is 0 Å². The first-order valence-electron chi connectivity index (χ1n) is 7.48. The number of hydrogen-bond donors (Lipinski definition) is 0. The number of nitro groups is 1. The quantitative estimate of drug-likeness (QED) is 0.312. The normalized spacial score (nSPS) is 13.8. The number of para-hydroxylation sites is 1. The molecule has 1 aromatic carbocycles. The van der Waals surface area contributed by atoms with Crippen LogP contribution < -0.4 is 4.90 Å². The van der Waals surface area contributed by atoms with Crippen molar-refractivity contribution in [1.29, 1.82) is 0 Å². The van der Waals surface area contributed by atoms with Crippen molar-refractivity contribution >= 4 is 29.3 Å². The van der Waals surface area contributed by atoms with Crippen molar-refractivity contribution in [3.05, 3.63) is 45.1 Å². The van der Waals surface area contributed by atoms with Crippen molar-refractivity contribution in [2.45, 2.75) is 0 Å². The SMILES string of the molecule is COC(=O)C1=C(C(=O)OC)N(c2c(C(=O)OC)cccc2[N+](=O)[O-])COC1. The van der Waals surface area contributed by atoms with Crippen molar-refractivity contribution in [3.8, 4) is 0 Å². The molecule has 0 saturated heterocycles. The summed E-state index contributed by atoms with van der Waals surface area (Å²) in [5.41, 5.74) is -1.48. The van der Waals surface area contributed by atoms with E-state index in [1.54, 1.807) is 0 Å². The van der Waals surface area contributed by atoms with Gasteiger partial charge >= 0.3 is 17.9 Å². The van der Waals surface area contributed by atoms with Gasteiger partial charge in [0.25, 0.3) is 5.69 Å². The van der Waals surface area contributed by atoms with E-state index in [1.165, 1.54) is 12.1 Å². The molecule has 0 aliphatic carbocycles. The van der Waals surface area contributed by atoms with Gasteiger partial charge in [0.2, 0.25) is 0 Å². The first-order valence-corrected chi connectivity index (χ1v) is 7.48. The van der Waals surface area contributed by atoms with E-state index < -0.39 is 28.5 Å². The fraction of sp³-hybridized carbons (Fsp3) is 0.312. The number of benzene rings is 1. The predicted molar refractivity (Wildman–Crippen MR) is 88.8 cm³/mol. The summed E-state index contributed by atoms with van der Waals surface area (Å²) < 4.78 is 19.3. The van der Waals surface area contributed by atoms with Crippen LogP contribution in [0.3, 0.4) is 0 Å². The summed E-state index contributed by atoms with van der Waals surface area (Å²) >= 11 is 0. The summed E-state index contributed by atoms with van der Waals surface area (Å²) in [6.45, 7) is -0.623. The maximum absolute atomic E-state index is 12.3. The van der Waals surface area contributed by atoms with Crippen LogP contribution in [0.15, 0.2) is 29.5 Å². The van der Waals surface area contributed by atoms with Crippen LogP contribution in [0.2, 0.25) is 0 Å². The lowest BCUT2D eigenvalue weighted by atomic mass is 10.1. The Morgan fingerprint density at radius 2 is 1.70 bits per heavy atom. The first kappa shape index (κ1) is 19.8. The molecule has 1 aliphatic heterocycles. The molecule has 1 heterocycles. The second kappa shape index (κ2) is 8.27. The minimum atomic E-state index is -0.951. The summed E-state index contributed by atoms with van der Waals surface area (Å²) in [4.78, 5) is 48.3. The number of nitro benzene ring substituents is 1. The molecule has 0 aromatic heterocycles. The third kappa shape index (κ3) is 3.72. The van der Waals surface area contributed by atoms with Crippen LogP contribution in [-0.2, 0) is 28.5 Å². The fourth-order valence-electron chi connectivity index (χ4n) is 2.56. The van der Waals surface area contributed by atoms with Gasteiger partial charge in [-0.15, -0.1) is 0 Å². The molecule has 0 unspecified atom stereocenters. The molecule has 11 nitrogen and oxygen atoms in total. The Hall–Kier alpha value is -3.47. The molecule has 2 rings (SSSR count). The fourth-order valence-corrected chi connectivity index (χ4v) is 2.56. The molecule has 0 bridgehead atoms. The number of carbonyl (C=O) groups is 3. The first-order chi connectivity index (χ1) is 12.9. The summed E-state index contributed by atoms with van der Waals surface area (Å²) in [6.07, 6.45) is 0. The Labute approximate surface area is 153 Å². The second-order valence-corrected chi connectivity index (χ2v) is 5.14. The van der Waals surface area contributed by atoms with Gasteiger partial charge in [-0.05, 0) is 6.07 Å². The van der Waals surface area contributed by atoms with Crippen LogP contribution >= 0.6 is 0 Å². The molecule has 11 heteroatoms. The smallest absolute Gasteiger partial charge is 0.355 e. The molecule has 1 aliphatic rings. The number of carbonyl (C=O) groups excluding carboxylic acids is 3. The van der Waals surface area contributed by atoms with Gasteiger partial charge in [-0.1, -0.05) is 6.07 Å². The third-order valence-corrected chi connectivity index (χ3v) is 3.72. The molecule has 144 valence electrons. The molecule has 0 atom stereocenters. The third-order valence-electron chi connectivity index (χ3n) is 3.72. The van der Waals surface area contributed by atoms with Crippen LogP contribution in [0.25, 0.3) is 0 Å². The van der Waals surface area contributed by atoms with Gasteiger partial charge in [0, 0.05) is 6.07 Å². The average molecular weight is 380 g/mol. The van der Waals surface area contributed by atoms with Crippen molar-refractivity contribution in [2.24, 2.45) is 0 Å². The topological polar surface area (TPSA) is 135 Å². The lowest BCUT2D eigenvalue weighted by Gasteiger charge is -2.31. The maximum Gasteiger partial charge on any atom is 0.355 e. The lowest BCUT2D eigenvalue weighted by molar-refractivity contribution is -0.384. The highest BCUT2D eigenvalue weighted by molar-refractivity contribution is 6.06. The van der Waals surface area contributed by atoms with Gasteiger partial charge in [-0.2, -0.15) is 0 Å². The number of hydrogen-bond acceptors (Lipinski definition) is 10. The highest BCUT2D eigenvalue weighted by Crippen LogP contribution is 2.37. The molecule has 0 radical (unpaired) electrons. The number of nitrogens with zero attached hydrogens (tertiary/aromatic N) is 2. The minimum absolute atomic E-state index is 0.192. The van der Waals surface area contributed by atoms with Gasteiger partial charge in [-0.3, -0.25) is 10.1 Å². The molecule has 1 aromatic rings. The zero-order valence-corrected chi connectivity index (χ0v) is 14.7. The zero-order chi connectivity index (χ0) is 20.1. The molecule has 0 saturated carbocycles. The average Bonchev–Trinajstić information content (AvgIpc) is 2.70. The summed E-state index contributed by atoms with van der Waals surface area (Å²) in [5.74, 6) is -2.70. The summed E-state index contributed by atoms with van der Waals surface area (Å²) in [5, 5.41) is 11.5. The maximum atomic E-state index is 12.3. The van der Waals surface area contributed by atoms with E-state index in [4.69, 9.17) is 9.47 Å². The van der Waals surface area contributed by atoms with Crippen LogP contribution in [0, 0.1) is 10.1 Å². The molecular formula is C16H16N2O9. The number of rotatable bonds is 5. The van der Waals surface area contributed by atoms with Crippen molar-refractivity contribution in [2.75, 3.05) is 39.6 Å². The Morgan fingerprint density at radius 1 is 1.07 bits per heavy atom.